The molecule has 0 radical (unpaired) electrons. The average Bonchev–Trinajstić information content (AvgIpc) is 3.05. The van der Waals surface area contributed by atoms with E-state index in [-0.39, 0.29) is 11.9 Å². The highest BCUT2D eigenvalue weighted by molar-refractivity contribution is 5.84. The Morgan fingerprint density at radius 3 is 2.92 bits per heavy atom. The van der Waals surface area contributed by atoms with Crippen molar-refractivity contribution in [1.29, 1.82) is 0 Å². The summed E-state index contributed by atoms with van der Waals surface area (Å²) in [6, 6.07) is 7.22. The third-order valence-corrected chi connectivity index (χ3v) is 3.72. The molecule has 1 atom stereocenters. The van der Waals surface area contributed by atoms with Crippen LogP contribution >= 0.6 is 0 Å². The van der Waals surface area contributed by atoms with Crippen molar-refractivity contribution in [3.8, 4) is 5.75 Å². The summed E-state index contributed by atoms with van der Waals surface area (Å²) in [4.78, 5) is 12.4. The third-order valence-electron chi connectivity index (χ3n) is 3.72. The summed E-state index contributed by atoms with van der Waals surface area (Å²) in [5, 5.41) is 14.1. The van der Waals surface area contributed by atoms with Crippen LogP contribution in [-0.2, 0) is 17.9 Å². The fourth-order valence-electron chi connectivity index (χ4n) is 2.40. The Morgan fingerprint density at radius 2 is 2.21 bits per heavy atom. The molecule has 0 saturated carbocycles. The van der Waals surface area contributed by atoms with Gasteiger partial charge >= 0.3 is 0 Å². The minimum atomic E-state index is -0.320. The highest BCUT2D eigenvalue weighted by atomic mass is 16.5. The van der Waals surface area contributed by atoms with Crippen molar-refractivity contribution >= 4 is 11.6 Å². The van der Waals surface area contributed by atoms with Gasteiger partial charge in [-0.1, -0.05) is 19.9 Å². The molecule has 0 aliphatic rings. The van der Waals surface area contributed by atoms with Crippen molar-refractivity contribution in [2.45, 2.75) is 45.8 Å². The van der Waals surface area contributed by atoms with Crippen molar-refractivity contribution in [1.82, 2.24) is 20.1 Å². The van der Waals surface area contributed by atoms with Gasteiger partial charge < -0.3 is 19.9 Å². The van der Waals surface area contributed by atoms with Gasteiger partial charge in [0.25, 0.3) is 0 Å². The highest BCUT2D eigenvalue weighted by Crippen LogP contribution is 2.18. The number of benzene rings is 1. The van der Waals surface area contributed by atoms with Crippen molar-refractivity contribution in [2.24, 2.45) is 0 Å². The van der Waals surface area contributed by atoms with E-state index in [0.29, 0.717) is 13.0 Å². The summed E-state index contributed by atoms with van der Waals surface area (Å²) in [6.07, 6.45) is 3.36. The van der Waals surface area contributed by atoms with Crippen LogP contribution in [0.4, 0.5) is 5.69 Å². The quantitative estimate of drug-likeness (QED) is 0.736. The number of rotatable bonds is 9. The summed E-state index contributed by atoms with van der Waals surface area (Å²) >= 11 is 0. The second kappa shape index (κ2) is 8.90. The number of nitrogens with one attached hydrogen (secondary N) is 2. The first-order valence-electron chi connectivity index (χ1n) is 8.22. The van der Waals surface area contributed by atoms with E-state index in [0.717, 1.165) is 30.2 Å². The number of aromatic nitrogens is 3. The second-order valence-corrected chi connectivity index (χ2v) is 5.50. The van der Waals surface area contributed by atoms with E-state index >= 15 is 0 Å². The van der Waals surface area contributed by atoms with E-state index in [9.17, 15) is 4.79 Å². The molecule has 0 fully saturated rings. The minimum absolute atomic E-state index is 0.0635. The molecule has 0 aliphatic carbocycles. The molecule has 1 aromatic carbocycles. The van der Waals surface area contributed by atoms with Gasteiger partial charge in [-0.3, -0.25) is 4.79 Å². The molecule has 2 rings (SSSR count). The zero-order chi connectivity index (χ0) is 17.4. The molecule has 0 saturated heterocycles. The Morgan fingerprint density at radius 1 is 1.38 bits per heavy atom. The van der Waals surface area contributed by atoms with E-state index in [4.69, 9.17) is 4.74 Å². The maximum absolute atomic E-state index is 12.4. The van der Waals surface area contributed by atoms with Gasteiger partial charge in [0.15, 0.2) is 5.82 Å². The highest BCUT2D eigenvalue weighted by Gasteiger charge is 2.17. The van der Waals surface area contributed by atoms with Gasteiger partial charge in [0, 0.05) is 18.3 Å². The summed E-state index contributed by atoms with van der Waals surface area (Å²) in [5.74, 6) is 1.45. The number of hydrogen-bond donors (Lipinski definition) is 2. The summed E-state index contributed by atoms with van der Waals surface area (Å²) < 4.78 is 7.16. The van der Waals surface area contributed by atoms with Crippen LogP contribution in [0.15, 0.2) is 30.6 Å². The van der Waals surface area contributed by atoms with Crippen LogP contribution in [0.25, 0.3) is 0 Å². The number of carbonyl (C=O) groups is 1. The van der Waals surface area contributed by atoms with Crippen LogP contribution in [0.5, 0.6) is 5.75 Å². The SMILES string of the molecule is CCCn1cnnc1CNC(=O)C(CC)Nc1cccc(OC)c1. The molecule has 7 nitrogen and oxygen atoms in total. The maximum Gasteiger partial charge on any atom is 0.242 e. The first-order valence-corrected chi connectivity index (χ1v) is 8.22. The fraction of sp³-hybridized carbons (Fsp3) is 0.471. The molecule has 0 spiro atoms. The standard InChI is InChI=1S/C17H25N5O2/c1-4-9-22-12-19-21-16(22)11-18-17(23)15(5-2)20-13-7-6-8-14(10-13)24-3/h6-8,10,12,15,20H,4-5,9,11H2,1-3H3,(H,18,23). The number of carbonyl (C=O) groups excluding carboxylic acids is 1. The van der Waals surface area contributed by atoms with E-state index in [1.807, 2.05) is 35.8 Å². The molecule has 7 heteroatoms. The lowest BCUT2D eigenvalue weighted by Crippen LogP contribution is -2.39. The van der Waals surface area contributed by atoms with E-state index in [2.05, 4.69) is 27.8 Å². The number of aryl methyl sites for hydroxylation is 1. The molecule has 1 amide bonds. The molecule has 1 heterocycles. The number of amides is 1. The molecule has 130 valence electrons. The third kappa shape index (κ3) is 4.71. The maximum atomic E-state index is 12.4. The van der Waals surface area contributed by atoms with Gasteiger partial charge in [0.2, 0.25) is 5.91 Å². The molecule has 1 aromatic heterocycles. The Bertz CT molecular complexity index is 656. The summed E-state index contributed by atoms with van der Waals surface area (Å²) in [7, 11) is 1.62. The van der Waals surface area contributed by atoms with Gasteiger partial charge in [-0.15, -0.1) is 10.2 Å². The van der Waals surface area contributed by atoms with Gasteiger partial charge in [0.1, 0.15) is 18.1 Å². The summed E-state index contributed by atoms with van der Waals surface area (Å²) in [6.45, 7) is 5.27. The molecular formula is C17H25N5O2. The Balaban J connectivity index is 1.94. The Hall–Kier alpha value is -2.57. The molecular weight excluding hydrogens is 306 g/mol. The van der Waals surface area contributed by atoms with E-state index < -0.39 is 0 Å². The topological polar surface area (TPSA) is 81.1 Å². The van der Waals surface area contributed by atoms with Crippen molar-refractivity contribution in [3.05, 3.63) is 36.4 Å². The van der Waals surface area contributed by atoms with Crippen LogP contribution in [0.3, 0.4) is 0 Å². The molecule has 0 bridgehead atoms. The van der Waals surface area contributed by atoms with Gasteiger partial charge in [-0.25, -0.2) is 0 Å². The number of anilines is 1. The lowest BCUT2D eigenvalue weighted by molar-refractivity contribution is -0.122. The molecule has 2 N–H and O–H groups in total. The average molecular weight is 331 g/mol. The molecule has 2 aromatic rings. The number of nitrogens with zero attached hydrogens (tertiary/aromatic N) is 3. The first kappa shape index (κ1) is 17.8. The second-order valence-electron chi connectivity index (χ2n) is 5.50. The number of ether oxygens (including phenoxy) is 1. The predicted octanol–water partition coefficient (Wildman–Crippen LogP) is 2.20. The predicted molar refractivity (Wildman–Crippen MR) is 92.9 cm³/mol. The smallest absolute Gasteiger partial charge is 0.242 e. The Labute approximate surface area is 142 Å². The van der Waals surface area contributed by atoms with Crippen LogP contribution in [-0.4, -0.2) is 33.8 Å². The van der Waals surface area contributed by atoms with Crippen LogP contribution in [0.1, 0.15) is 32.5 Å². The number of hydrogen-bond acceptors (Lipinski definition) is 5. The van der Waals surface area contributed by atoms with Gasteiger partial charge in [-0.05, 0) is 25.0 Å². The molecule has 24 heavy (non-hydrogen) atoms. The van der Waals surface area contributed by atoms with Crippen molar-refractivity contribution in [2.75, 3.05) is 12.4 Å². The van der Waals surface area contributed by atoms with Crippen LogP contribution in [0.2, 0.25) is 0 Å². The zero-order valence-corrected chi connectivity index (χ0v) is 14.5. The first-order chi connectivity index (χ1) is 11.7. The summed E-state index contributed by atoms with van der Waals surface area (Å²) in [5.41, 5.74) is 0.852. The lowest BCUT2D eigenvalue weighted by Gasteiger charge is -2.18. The van der Waals surface area contributed by atoms with E-state index in [1.54, 1.807) is 13.4 Å². The van der Waals surface area contributed by atoms with Crippen molar-refractivity contribution < 1.29 is 9.53 Å². The molecule has 1 unspecified atom stereocenters. The van der Waals surface area contributed by atoms with Gasteiger partial charge in [-0.2, -0.15) is 0 Å². The van der Waals surface area contributed by atoms with Crippen LogP contribution < -0.4 is 15.4 Å². The number of methoxy groups -OCH3 is 1. The van der Waals surface area contributed by atoms with E-state index in [1.165, 1.54) is 0 Å². The minimum Gasteiger partial charge on any atom is -0.497 e. The lowest BCUT2D eigenvalue weighted by atomic mass is 10.2. The van der Waals surface area contributed by atoms with Crippen LogP contribution in [0, 0.1) is 0 Å². The normalized spacial score (nSPS) is 11.8. The monoisotopic (exact) mass is 331 g/mol. The van der Waals surface area contributed by atoms with Gasteiger partial charge in [0.05, 0.1) is 13.7 Å². The fourth-order valence-corrected chi connectivity index (χ4v) is 2.40. The zero-order valence-electron chi connectivity index (χ0n) is 14.5. The Kier molecular flexibility index (Phi) is 6.60. The molecule has 0 aliphatic heterocycles. The van der Waals surface area contributed by atoms with Crippen molar-refractivity contribution in [3.63, 3.8) is 0 Å². The largest absolute Gasteiger partial charge is 0.497 e.